The molecule has 0 unspecified atom stereocenters. The van der Waals surface area contributed by atoms with E-state index in [4.69, 9.17) is 4.74 Å². The zero-order valence-corrected chi connectivity index (χ0v) is 18.9. The molecule has 6 nitrogen and oxygen atoms in total. The molecule has 31 heavy (non-hydrogen) atoms. The van der Waals surface area contributed by atoms with Crippen LogP contribution in [0, 0.1) is 23.2 Å². The zero-order chi connectivity index (χ0) is 21.6. The number of carbonyl (C=O) groups is 2. The first-order chi connectivity index (χ1) is 15.0. The van der Waals surface area contributed by atoms with Crippen molar-refractivity contribution < 1.29 is 14.3 Å². The Balaban J connectivity index is 1.21. The third-order valence-electron chi connectivity index (χ3n) is 8.26. The van der Waals surface area contributed by atoms with Crippen LogP contribution in [0.15, 0.2) is 24.3 Å². The molecule has 5 aliphatic rings. The van der Waals surface area contributed by atoms with E-state index >= 15 is 0 Å². The topological polar surface area (TPSA) is 53.1 Å². The fourth-order valence-electron chi connectivity index (χ4n) is 7.17. The molecule has 4 bridgehead atoms. The summed E-state index contributed by atoms with van der Waals surface area (Å²) < 4.78 is 5.23. The molecule has 0 aromatic heterocycles. The number of anilines is 1. The van der Waals surface area contributed by atoms with Crippen molar-refractivity contribution >= 4 is 17.6 Å². The molecule has 1 aromatic rings. The highest BCUT2D eigenvalue weighted by atomic mass is 16.5. The lowest BCUT2D eigenvalue weighted by molar-refractivity contribution is -0.159. The minimum absolute atomic E-state index is 0.0228. The number of nitrogens with zero attached hydrogens (tertiary/aromatic N) is 3. The number of rotatable bonds is 4. The monoisotopic (exact) mass is 425 g/mol. The minimum Gasteiger partial charge on any atom is -0.497 e. The molecule has 4 saturated carbocycles. The van der Waals surface area contributed by atoms with Gasteiger partial charge in [0.15, 0.2) is 0 Å². The van der Waals surface area contributed by atoms with E-state index in [1.807, 2.05) is 36.1 Å². The molecule has 0 radical (unpaired) electrons. The normalized spacial score (nSPS) is 31.6. The molecule has 6 heteroatoms. The van der Waals surface area contributed by atoms with Gasteiger partial charge in [0, 0.05) is 38.4 Å². The zero-order valence-electron chi connectivity index (χ0n) is 18.9. The van der Waals surface area contributed by atoms with E-state index in [1.165, 1.54) is 19.3 Å². The number of hydrogen-bond acceptors (Lipinski definition) is 3. The summed E-state index contributed by atoms with van der Waals surface area (Å²) in [6.45, 7) is 5.15. The fourth-order valence-corrected chi connectivity index (χ4v) is 7.17. The molecule has 0 N–H and O–H groups in total. The third-order valence-corrected chi connectivity index (χ3v) is 8.26. The van der Waals surface area contributed by atoms with Crippen LogP contribution in [0.1, 0.15) is 45.4 Å². The van der Waals surface area contributed by atoms with Crippen LogP contribution >= 0.6 is 0 Å². The van der Waals surface area contributed by atoms with Gasteiger partial charge < -0.3 is 14.5 Å². The SMILES string of the molecule is CCN(C(=O)N1CCN(C(=O)C23CC4CC(CC(C4)C2)C3)CC1)c1ccc(OC)cc1. The lowest BCUT2D eigenvalue weighted by Gasteiger charge is -2.57. The molecule has 1 aromatic carbocycles. The molecule has 1 heterocycles. The van der Waals surface area contributed by atoms with Crippen LogP contribution in [0.5, 0.6) is 5.75 Å². The predicted octanol–water partition coefficient (Wildman–Crippen LogP) is 4.00. The van der Waals surface area contributed by atoms with Crippen molar-refractivity contribution in [3.63, 3.8) is 0 Å². The first-order valence-electron chi connectivity index (χ1n) is 12.0. The van der Waals surface area contributed by atoms with Crippen LogP contribution in [0.2, 0.25) is 0 Å². The van der Waals surface area contributed by atoms with Crippen molar-refractivity contribution in [1.29, 1.82) is 0 Å². The second kappa shape index (κ2) is 8.03. The van der Waals surface area contributed by atoms with Gasteiger partial charge in [-0.25, -0.2) is 4.79 Å². The quantitative estimate of drug-likeness (QED) is 0.733. The van der Waals surface area contributed by atoms with Crippen molar-refractivity contribution in [2.75, 3.05) is 44.7 Å². The Bertz CT molecular complexity index is 794. The maximum absolute atomic E-state index is 13.6. The molecule has 0 spiro atoms. The standard InChI is InChI=1S/C25H35N3O3/c1-3-28(21-4-6-22(31-2)7-5-21)24(30)27-10-8-26(9-11-27)23(29)25-15-18-12-19(16-25)14-20(13-18)17-25/h4-7,18-20H,3,8-17H2,1-2H3. The van der Waals surface area contributed by atoms with E-state index in [0.717, 1.165) is 48.5 Å². The van der Waals surface area contributed by atoms with E-state index in [1.54, 1.807) is 12.0 Å². The van der Waals surface area contributed by atoms with Crippen LogP contribution in [0.3, 0.4) is 0 Å². The van der Waals surface area contributed by atoms with Crippen LogP contribution in [0.25, 0.3) is 0 Å². The summed E-state index contributed by atoms with van der Waals surface area (Å²) in [6, 6.07) is 7.63. The van der Waals surface area contributed by atoms with E-state index in [2.05, 4.69) is 4.90 Å². The Hall–Kier alpha value is -2.24. The summed E-state index contributed by atoms with van der Waals surface area (Å²) >= 11 is 0. The van der Waals surface area contributed by atoms with Crippen molar-refractivity contribution in [3.05, 3.63) is 24.3 Å². The Labute approximate surface area is 185 Å². The average Bonchev–Trinajstić information content (AvgIpc) is 2.78. The van der Waals surface area contributed by atoms with Crippen LogP contribution < -0.4 is 9.64 Å². The fraction of sp³-hybridized carbons (Fsp3) is 0.680. The number of hydrogen-bond donors (Lipinski definition) is 0. The highest BCUT2D eigenvalue weighted by Gasteiger charge is 2.55. The van der Waals surface area contributed by atoms with Crippen molar-refractivity contribution in [3.8, 4) is 5.75 Å². The number of carbonyl (C=O) groups excluding carboxylic acids is 2. The number of piperazine rings is 1. The largest absolute Gasteiger partial charge is 0.497 e. The van der Waals surface area contributed by atoms with E-state index in [9.17, 15) is 9.59 Å². The summed E-state index contributed by atoms with van der Waals surface area (Å²) in [5.74, 6) is 3.51. The van der Waals surface area contributed by atoms with Crippen molar-refractivity contribution in [1.82, 2.24) is 9.80 Å². The molecule has 168 valence electrons. The summed E-state index contributed by atoms with van der Waals surface area (Å²) in [7, 11) is 1.64. The third kappa shape index (κ3) is 3.68. The molecule has 1 saturated heterocycles. The Morgan fingerprint density at radius 3 is 1.94 bits per heavy atom. The van der Waals surface area contributed by atoms with Crippen LogP contribution in [0.4, 0.5) is 10.5 Å². The first-order valence-corrected chi connectivity index (χ1v) is 12.0. The molecule has 0 atom stereocenters. The summed E-state index contributed by atoms with van der Waals surface area (Å²) in [6.07, 6.45) is 7.39. The van der Waals surface area contributed by atoms with Crippen molar-refractivity contribution in [2.45, 2.75) is 45.4 Å². The summed E-state index contributed by atoms with van der Waals surface area (Å²) in [4.78, 5) is 32.6. The molecule has 1 aliphatic heterocycles. The van der Waals surface area contributed by atoms with Crippen LogP contribution in [-0.2, 0) is 4.79 Å². The van der Waals surface area contributed by atoms with Gasteiger partial charge in [-0.15, -0.1) is 0 Å². The number of ether oxygens (including phenoxy) is 1. The molecule has 5 fully saturated rings. The molecular formula is C25H35N3O3. The van der Waals surface area contributed by atoms with E-state index in [0.29, 0.717) is 38.6 Å². The predicted molar refractivity (Wildman–Crippen MR) is 120 cm³/mol. The van der Waals surface area contributed by atoms with Gasteiger partial charge >= 0.3 is 6.03 Å². The number of urea groups is 1. The minimum atomic E-state index is -0.0839. The lowest BCUT2D eigenvalue weighted by Crippen LogP contribution is -2.59. The summed E-state index contributed by atoms with van der Waals surface area (Å²) in [5.41, 5.74) is 0.791. The molecule has 4 aliphatic carbocycles. The first kappa shape index (κ1) is 20.7. The van der Waals surface area contributed by atoms with Gasteiger partial charge in [0.1, 0.15) is 5.75 Å². The average molecular weight is 426 g/mol. The van der Waals surface area contributed by atoms with E-state index < -0.39 is 0 Å². The van der Waals surface area contributed by atoms with Crippen LogP contribution in [-0.4, -0.2) is 61.6 Å². The van der Waals surface area contributed by atoms with Gasteiger partial charge in [-0.2, -0.15) is 0 Å². The second-order valence-electron chi connectivity index (χ2n) is 10.2. The Morgan fingerprint density at radius 2 is 1.45 bits per heavy atom. The Kier molecular flexibility index (Phi) is 5.35. The molecule has 3 amide bonds. The summed E-state index contributed by atoms with van der Waals surface area (Å²) in [5, 5.41) is 0. The van der Waals surface area contributed by atoms with Gasteiger partial charge in [0.25, 0.3) is 0 Å². The highest BCUT2D eigenvalue weighted by molar-refractivity contribution is 5.92. The molecular weight excluding hydrogens is 390 g/mol. The number of amides is 3. The van der Waals surface area contributed by atoms with Crippen molar-refractivity contribution in [2.24, 2.45) is 23.2 Å². The molecule has 6 rings (SSSR count). The van der Waals surface area contributed by atoms with Gasteiger partial charge in [0.05, 0.1) is 12.5 Å². The Morgan fingerprint density at radius 1 is 0.935 bits per heavy atom. The maximum Gasteiger partial charge on any atom is 0.324 e. The van der Waals surface area contributed by atoms with Gasteiger partial charge in [-0.1, -0.05) is 0 Å². The highest BCUT2D eigenvalue weighted by Crippen LogP contribution is 2.60. The number of benzene rings is 1. The number of methoxy groups -OCH3 is 1. The smallest absolute Gasteiger partial charge is 0.324 e. The van der Waals surface area contributed by atoms with Gasteiger partial charge in [-0.3, -0.25) is 9.69 Å². The second-order valence-corrected chi connectivity index (χ2v) is 10.2. The lowest BCUT2D eigenvalue weighted by atomic mass is 9.49. The maximum atomic E-state index is 13.6. The van der Waals surface area contributed by atoms with Gasteiger partial charge in [-0.05, 0) is 87.5 Å². The van der Waals surface area contributed by atoms with Gasteiger partial charge in [0.2, 0.25) is 5.91 Å². The van der Waals surface area contributed by atoms with E-state index in [-0.39, 0.29) is 11.4 Å².